The Bertz CT molecular complexity index is 194. The fourth-order valence-corrected chi connectivity index (χ4v) is 1.77. The summed E-state index contributed by atoms with van der Waals surface area (Å²) < 4.78 is 10.1. The Morgan fingerprint density at radius 2 is 1.50 bits per heavy atom. The number of carboxylic acid groups (broad SMARTS) is 1. The smallest absolute Gasteiger partial charge is 0.361 e. The van der Waals surface area contributed by atoms with Crippen LogP contribution in [0, 0.1) is 0 Å². The van der Waals surface area contributed by atoms with Crippen molar-refractivity contribution in [3.8, 4) is 0 Å². The predicted molar refractivity (Wildman–Crippen MR) is 71.6 cm³/mol. The molecule has 4 heteroatoms. The van der Waals surface area contributed by atoms with Crippen molar-refractivity contribution >= 4 is 5.97 Å². The SMILES string of the molecule is CCCCCCCCCCOC(OCC)C(=O)O. The second-order valence-corrected chi connectivity index (χ2v) is 4.47. The van der Waals surface area contributed by atoms with Crippen LogP contribution in [-0.2, 0) is 14.3 Å². The molecule has 0 aromatic carbocycles. The van der Waals surface area contributed by atoms with Crippen molar-refractivity contribution < 1.29 is 19.4 Å². The molecule has 0 aromatic rings. The quantitative estimate of drug-likeness (QED) is 0.406. The van der Waals surface area contributed by atoms with Gasteiger partial charge in [-0.1, -0.05) is 51.9 Å². The van der Waals surface area contributed by atoms with Crippen molar-refractivity contribution in [2.24, 2.45) is 0 Å². The third-order valence-electron chi connectivity index (χ3n) is 2.79. The monoisotopic (exact) mass is 260 g/mol. The molecule has 1 atom stereocenters. The molecular formula is C14H28O4. The molecule has 1 unspecified atom stereocenters. The number of aliphatic carboxylic acids is 1. The molecule has 0 fully saturated rings. The van der Waals surface area contributed by atoms with Gasteiger partial charge in [-0.15, -0.1) is 0 Å². The van der Waals surface area contributed by atoms with E-state index in [9.17, 15) is 4.79 Å². The van der Waals surface area contributed by atoms with Gasteiger partial charge in [0.1, 0.15) is 0 Å². The standard InChI is InChI=1S/C14H28O4/c1-3-5-6-7-8-9-10-11-12-18-14(13(15)16)17-4-2/h14H,3-12H2,1-2H3,(H,15,16). The van der Waals surface area contributed by atoms with Crippen LogP contribution < -0.4 is 0 Å². The van der Waals surface area contributed by atoms with E-state index in [0.717, 1.165) is 12.8 Å². The third kappa shape index (κ3) is 10.5. The van der Waals surface area contributed by atoms with E-state index in [1.165, 1.54) is 38.5 Å². The Kier molecular flexibility index (Phi) is 12.4. The number of ether oxygens (including phenoxy) is 2. The second kappa shape index (κ2) is 12.8. The second-order valence-electron chi connectivity index (χ2n) is 4.47. The molecular weight excluding hydrogens is 232 g/mol. The van der Waals surface area contributed by atoms with Crippen LogP contribution in [0.4, 0.5) is 0 Å². The highest BCUT2D eigenvalue weighted by Crippen LogP contribution is 2.08. The van der Waals surface area contributed by atoms with Gasteiger partial charge >= 0.3 is 5.97 Å². The lowest BCUT2D eigenvalue weighted by molar-refractivity contribution is -0.188. The minimum Gasteiger partial charge on any atom is -0.477 e. The average molecular weight is 260 g/mol. The molecule has 0 bridgehead atoms. The number of rotatable bonds is 13. The van der Waals surface area contributed by atoms with Gasteiger partial charge in [-0.25, -0.2) is 4.79 Å². The molecule has 108 valence electrons. The Hall–Kier alpha value is -0.610. The molecule has 0 saturated heterocycles. The number of unbranched alkanes of at least 4 members (excludes halogenated alkanes) is 7. The molecule has 1 N–H and O–H groups in total. The van der Waals surface area contributed by atoms with E-state index in [2.05, 4.69) is 6.92 Å². The Labute approximate surface area is 111 Å². The van der Waals surface area contributed by atoms with Gasteiger partial charge in [0.15, 0.2) is 0 Å². The Morgan fingerprint density at radius 1 is 0.944 bits per heavy atom. The molecule has 0 saturated carbocycles. The summed E-state index contributed by atoms with van der Waals surface area (Å²) in [6.07, 6.45) is 8.64. The molecule has 0 rings (SSSR count). The topological polar surface area (TPSA) is 55.8 Å². The van der Waals surface area contributed by atoms with Crippen LogP contribution in [0.5, 0.6) is 0 Å². The van der Waals surface area contributed by atoms with E-state index in [0.29, 0.717) is 13.2 Å². The van der Waals surface area contributed by atoms with E-state index in [4.69, 9.17) is 14.6 Å². The molecule has 0 aliphatic carbocycles. The molecule has 0 aromatic heterocycles. The van der Waals surface area contributed by atoms with E-state index >= 15 is 0 Å². The highest BCUT2D eigenvalue weighted by Gasteiger charge is 2.17. The predicted octanol–water partition coefficient (Wildman–Crippen LogP) is 3.59. The van der Waals surface area contributed by atoms with Crippen molar-refractivity contribution in [2.45, 2.75) is 71.5 Å². The summed E-state index contributed by atoms with van der Waals surface area (Å²) in [7, 11) is 0. The van der Waals surface area contributed by atoms with Gasteiger partial charge in [0.2, 0.25) is 0 Å². The summed E-state index contributed by atoms with van der Waals surface area (Å²) in [6, 6.07) is 0. The summed E-state index contributed by atoms with van der Waals surface area (Å²) in [5.41, 5.74) is 0. The molecule has 0 aliphatic heterocycles. The molecule has 18 heavy (non-hydrogen) atoms. The summed E-state index contributed by atoms with van der Waals surface area (Å²) in [5, 5.41) is 8.78. The Balaban J connectivity index is 3.30. The van der Waals surface area contributed by atoms with Crippen LogP contribution >= 0.6 is 0 Å². The highest BCUT2D eigenvalue weighted by molar-refractivity contribution is 5.70. The molecule has 0 amide bonds. The first kappa shape index (κ1) is 17.4. The van der Waals surface area contributed by atoms with Gasteiger partial charge in [0.25, 0.3) is 6.29 Å². The fourth-order valence-electron chi connectivity index (χ4n) is 1.77. The van der Waals surface area contributed by atoms with E-state index in [1.807, 2.05) is 0 Å². The van der Waals surface area contributed by atoms with Crippen molar-refractivity contribution in [1.29, 1.82) is 0 Å². The number of hydrogen-bond acceptors (Lipinski definition) is 3. The largest absolute Gasteiger partial charge is 0.477 e. The summed E-state index contributed by atoms with van der Waals surface area (Å²) >= 11 is 0. The van der Waals surface area contributed by atoms with Crippen molar-refractivity contribution in [1.82, 2.24) is 0 Å². The summed E-state index contributed by atoms with van der Waals surface area (Å²) in [5.74, 6) is -1.04. The number of carboxylic acids is 1. The van der Waals surface area contributed by atoms with E-state index in [-0.39, 0.29) is 0 Å². The third-order valence-corrected chi connectivity index (χ3v) is 2.79. The first-order valence-electron chi connectivity index (χ1n) is 7.18. The van der Waals surface area contributed by atoms with Crippen LogP contribution in [0.1, 0.15) is 65.2 Å². The van der Waals surface area contributed by atoms with Gasteiger partial charge in [-0.2, -0.15) is 0 Å². The maximum absolute atomic E-state index is 10.7. The molecule has 0 aliphatic rings. The average Bonchev–Trinajstić information content (AvgIpc) is 2.35. The van der Waals surface area contributed by atoms with Gasteiger partial charge in [0, 0.05) is 6.61 Å². The number of carbonyl (C=O) groups is 1. The summed E-state index contributed by atoms with van der Waals surface area (Å²) in [6.45, 7) is 4.80. The van der Waals surface area contributed by atoms with Crippen LogP contribution in [0.3, 0.4) is 0 Å². The van der Waals surface area contributed by atoms with Crippen LogP contribution in [0.15, 0.2) is 0 Å². The lowest BCUT2D eigenvalue weighted by Crippen LogP contribution is -2.27. The van der Waals surface area contributed by atoms with Crippen LogP contribution in [-0.4, -0.2) is 30.6 Å². The maximum Gasteiger partial charge on any atom is 0.361 e. The lowest BCUT2D eigenvalue weighted by atomic mass is 10.1. The van der Waals surface area contributed by atoms with Crippen LogP contribution in [0.25, 0.3) is 0 Å². The first-order valence-corrected chi connectivity index (χ1v) is 7.18. The van der Waals surface area contributed by atoms with Crippen molar-refractivity contribution in [2.75, 3.05) is 13.2 Å². The zero-order valence-electron chi connectivity index (χ0n) is 11.8. The van der Waals surface area contributed by atoms with Crippen LogP contribution in [0.2, 0.25) is 0 Å². The Morgan fingerprint density at radius 3 is 2.00 bits per heavy atom. The molecule has 0 spiro atoms. The van der Waals surface area contributed by atoms with Gasteiger partial charge in [-0.05, 0) is 13.3 Å². The minimum atomic E-state index is -1.10. The zero-order valence-corrected chi connectivity index (χ0v) is 11.8. The normalized spacial score (nSPS) is 12.6. The summed E-state index contributed by atoms with van der Waals surface area (Å²) in [4.78, 5) is 10.7. The first-order chi connectivity index (χ1) is 8.72. The van der Waals surface area contributed by atoms with Gasteiger partial charge in [-0.3, -0.25) is 0 Å². The fraction of sp³-hybridized carbons (Fsp3) is 0.929. The van der Waals surface area contributed by atoms with Gasteiger partial charge < -0.3 is 14.6 Å². The lowest BCUT2D eigenvalue weighted by Gasteiger charge is -2.12. The number of hydrogen-bond donors (Lipinski definition) is 1. The minimum absolute atomic E-state index is 0.356. The zero-order chi connectivity index (χ0) is 13.6. The van der Waals surface area contributed by atoms with E-state index < -0.39 is 12.3 Å². The molecule has 4 nitrogen and oxygen atoms in total. The van der Waals surface area contributed by atoms with Gasteiger partial charge in [0.05, 0.1) is 6.61 Å². The maximum atomic E-state index is 10.7. The van der Waals surface area contributed by atoms with Crippen molar-refractivity contribution in [3.63, 3.8) is 0 Å². The van der Waals surface area contributed by atoms with Crippen molar-refractivity contribution in [3.05, 3.63) is 0 Å². The highest BCUT2D eigenvalue weighted by atomic mass is 16.7. The molecule has 0 radical (unpaired) electrons. The van der Waals surface area contributed by atoms with E-state index in [1.54, 1.807) is 6.92 Å². The molecule has 0 heterocycles.